The Morgan fingerprint density at radius 2 is 1.44 bits per heavy atom. The number of nitrogens with one attached hydrogen (secondary N) is 3. The number of aliphatic hydroxyl groups is 1. The fraction of sp³-hybridized carbons (Fsp3) is 0.737. The van der Waals surface area contributed by atoms with Gasteiger partial charge < -0.3 is 43.4 Å². The number of aliphatic carboxylic acids is 1. The molecule has 0 saturated carbocycles. The summed E-state index contributed by atoms with van der Waals surface area (Å²) < 4.78 is 0. The third kappa shape index (κ3) is 11.5. The number of aliphatic hydroxyl groups excluding tert-OH is 1. The maximum Gasteiger partial charge on any atom is 0.325 e. The predicted octanol–water partition coefficient (Wildman–Crippen LogP) is -2.65. The molecule has 11 N–H and O–H groups in total. The molecule has 0 bridgehead atoms. The molecule has 0 rings (SSSR count). The highest BCUT2D eigenvalue weighted by Gasteiger charge is 2.30. The first-order valence-corrected chi connectivity index (χ1v) is 10.4. The zero-order valence-corrected chi connectivity index (χ0v) is 19.0. The van der Waals surface area contributed by atoms with Crippen molar-refractivity contribution in [3.8, 4) is 0 Å². The van der Waals surface area contributed by atoms with Crippen molar-refractivity contribution in [1.82, 2.24) is 16.0 Å². The zero-order valence-electron chi connectivity index (χ0n) is 19.0. The summed E-state index contributed by atoms with van der Waals surface area (Å²) in [5.74, 6) is -3.40. The summed E-state index contributed by atoms with van der Waals surface area (Å²) in [6, 6.07) is -4.50. The van der Waals surface area contributed by atoms with E-state index in [2.05, 4.69) is 20.9 Å². The van der Waals surface area contributed by atoms with Crippen LogP contribution in [-0.2, 0) is 19.2 Å². The summed E-state index contributed by atoms with van der Waals surface area (Å²) in [5.41, 5.74) is 16.2. The highest BCUT2D eigenvalue weighted by Crippen LogP contribution is 2.08. The van der Waals surface area contributed by atoms with Gasteiger partial charge in [-0.25, -0.2) is 0 Å². The van der Waals surface area contributed by atoms with Crippen LogP contribution in [0, 0.1) is 5.92 Å². The molecule has 0 aliphatic rings. The Morgan fingerprint density at radius 1 is 0.906 bits per heavy atom. The predicted molar refractivity (Wildman–Crippen MR) is 118 cm³/mol. The maximum atomic E-state index is 12.9. The van der Waals surface area contributed by atoms with Crippen LogP contribution in [-0.4, -0.2) is 76.7 Å². The van der Waals surface area contributed by atoms with Crippen LogP contribution in [0.2, 0.25) is 0 Å². The van der Waals surface area contributed by atoms with Gasteiger partial charge in [-0.15, -0.1) is 0 Å². The number of guanidine groups is 1. The van der Waals surface area contributed by atoms with E-state index in [0.717, 1.165) is 0 Å². The van der Waals surface area contributed by atoms with E-state index in [9.17, 15) is 24.3 Å². The van der Waals surface area contributed by atoms with Gasteiger partial charge in [0.15, 0.2) is 5.96 Å². The first-order valence-electron chi connectivity index (χ1n) is 10.4. The summed E-state index contributed by atoms with van der Waals surface area (Å²) in [7, 11) is 0. The van der Waals surface area contributed by atoms with Crippen molar-refractivity contribution in [2.45, 2.75) is 77.2 Å². The molecule has 0 radical (unpaired) electrons. The quantitative estimate of drug-likeness (QED) is 0.0768. The van der Waals surface area contributed by atoms with E-state index in [1.807, 2.05) is 13.8 Å². The second-order valence-electron chi connectivity index (χ2n) is 8.04. The number of carboxylic acid groups (broad SMARTS) is 1. The van der Waals surface area contributed by atoms with Crippen molar-refractivity contribution in [2.75, 3.05) is 6.54 Å². The van der Waals surface area contributed by atoms with E-state index in [4.69, 9.17) is 22.3 Å². The van der Waals surface area contributed by atoms with Gasteiger partial charge >= 0.3 is 5.97 Å². The maximum absolute atomic E-state index is 12.9. The average molecular weight is 460 g/mol. The summed E-state index contributed by atoms with van der Waals surface area (Å²) in [5, 5.41) is 25.9. The van der Waals surface area contributed by atoms with E-state index in [0.29, 0.717) is 6.42 Å². The molecule has 5 unspecified atom stereocenters. The number of carbonyl (C=O) groups is 4. The Balaban J connectivity index is 5.45. The molecule has 13 heteroatoms. The number of hydrogen-bond acceptors (Lipinski definition) is 7. The van der Waals surface area contributed by atoms with Crippen molar-refractivity contribution in [1.29, 1.82) is 0 Å². The largest absolute Gasteiger partial charge is 0.480 e. The molecule has 0 aromatic rings. The lowest BCUT2D eigenvalue weighted by molar-refractivity contribution is -0.142. The van der Waals surface area contributed by atoms with Gasteiger partial charge in [-0.3, -0.25) is 24.2 Å². The van der Waals surface area contributed by atoms with Crippen molar-refractivity contribution >= 4 is 29.7 Å². The van der Waals surface area contributed by atoms with Gasteiger partial charge in [0.1, 0.15) is 24.2 Å². The van der Waals surface area contributed by atoms with Gasteiger partial charge in [-0.2, -0.15) is 0 Å². The third-order valence-corrected chi connectivity index (χ3v) is 4.47. The first-order chi connectivity index (χ1) is 14.8. The lowest BCUT2D eigenvalue weighted by Crippen LogP contribution is -2.58. The highest BCUT2D eigenvalue weighted by molar-refractivity contribution is 5.94. The Hall–Kier alpha value is -2.93. The fourth-order valence-corrected chi connectivity index (χ4v) is 2.61. The summed E-state index contributed by atoms with van der Waals surface area (Å²) >= 11 is 0. The molecule has 184 valence electrons. The smallest absolute Gasteiger partial charge is 0.325 e. The first kappa shape index (κ1) is 29.1. The van der Waals surface area contributed by atoms with Crippen molar-refractivity contribution in [3.63, 3.8) is 0 Å². The molecule has 0 saturated heterocycles. The molecule has 0 aliphatic heterocycles. The SMILES string of the molecule is CC(C)CC(NC(=O)C(CCCN=C(N)N)NC(=O)C(N)C(C)O)C(=O)NC(C)C(=O)O. The standard InChI is InChI=1S/C19H37N7O6/c1-9(2)8-13(16(29)24-10(3)18(31)32)26-15(28)12(6-5-7-23-19(21)22)25-17(30)14(20)11(4)27/h9-14,27H,5-8,20H2,1-4H3,(H,24,29)(H,25,30)(H,26,28)(H,31,32)(H4,21,22,23). The molecule has 13 nitrogen and oxygen atoms in total. The molecule has 0 aromatic heterocycles. The van der Waals surface area contributed by atoms with Crippen LogP contribution in [0.15, 0.2) is 4.99 Å². The van der Waals surface area contributed by atoms with Crippen LogP contribution in [0.4, 0.5) is 0 Å². The second kappa shape index (κ2) is 14.2. The number of carbonyl (C=O) groups excluding carboxylic acids is 3. The number of amides is 3. The van der Waals surface area contributed by atoms with Crippen LogP contribution in [0.3, 0.4) is 0 Å². The van der Waals surface area contributed by atoms with E-state index < -0.39 is 54.0 Å². The number of hydrogen-bond donors (Lipinski definition) is 8. The van der Waals surface area contributed by atoms with Gasteiger partial charge in [-0.1, -0.05) is 13.8 Å². The normalized spacial score (nSPS) is 15.6. The van der Waals surface area contributed by atoms with Gasteiger partial charge in [0.2, 0.25) is 17.7 Å². The number of carboxylic acids is 1. The van der Waals surface area contributed by atoms with E-state index >= 15 is 0 Å². The number of nitrogens with two attached hydrogens (primary N) is 3. The van der Waals surface area contributed by atoms with Crippen LogP contribution in [0.5, 0.6) is 0 Å². The Kier molecular flexibility index (Phi) is 12.9. The van der Waals surface area contributed by atoms with Gasteiger partial charge in [0.25, 0.3) is 0 Å². The lowest BCUT2D eigenvalue weighted by atomic mass is 10.0. The number of aliphatic imine (C=N–C) groups is 1. The van der Waals surface area contributed by atoms with E-state index in [1.54, 1.807) is 0 Å². The second-order valence-corrected chi connectivity index (χ2v) is 8.04. The summed E-state index contributed by atoms with van der Waals surface area (Å²) in [6.07, 6.45) is -0.441. The molecule has 3 amide bonds. The highest BCUT2D eigenvalue weighted by atomic mass is 16.4. The minimum atomic E-state index is -1.26. The monoisotopic (exact) mass is 459 g/mol. The van der Waals surface area contributed by atoms with Crippen LogP contribution in [0.25, 0.3) is 0 Å². The molecular weight excluding hydrogens is 422 g/mol. The minimum absolute atomic E-state index is 0.00440. The van der Waals surface area contributed by atoms with Crippen LogP contribution < -0.4 is 33.2 Å². The van der Waals surface area contributed by atoms with Gasteiger partial charge in [0, 0.05) is 6.54 Å². The van der Waals surface area contributed by atoms with Crippen molar-refractivity contribution in [3.05, 3.63) is 0 Å². The van der Waals surface area contributed by atoms with Crippen molar-refractivity contribution < 1.29 is 29.4 Å². The van der Waals surface area contributed by atoms with Crippen LogP contribution >= 0.6 is 0 Å². The minimum Gasteiger partial charge on any atom is -0.480 e. The Morgan fingerprint density at radius 3 is 1.91 bits per heavy atom. The van der Waals surface area contributed by atoms with E-state index in [-0.39, 0.29) is 31.3 Å². The average Bonchev–Trinajstić information content (AvgIpc) is 2.67. The molecule has 0 aromatic carbocycles. The molecular formula is C19H37N7O6. The third-order valence-electron chi connectivity index (χ3n) is 4.47. The van der Waals surface area contributed by atoms with Gasteiger partial charge in [0.05, 0.1) is 6.10 Å². The summed E-state index contributed by atoms with van der Waals surface area (Å²) in [4.78, 5) is 52.6. The Bertz CT molecular complexity index is 679. The zero-order chi connectivity index (χ0) is 25.0. The molecule has 0 spiro atoms. The summed E-state index contributed by atoms with van der Waals surface area (Å²) in [6.45, 7) is 6.52. The topological polar surface area (TPSA) is 235 Å². The molecule has 32 heavy (non-hydrogen) atoms. The Labute approximate surface area is 187 Å². The number of rotatable bonds is 14. The number of nitrogens with zero attached hydrogens (tertiary/aromatic N) is 1. The van der Waals surface area contributed by atoms with E-state index in [1.165, 1.54) is 13.8 Å². The van der Waals surface area contributed by atoms with Gasteiger partial charge in [-0.05, 0) is 39.0 Å². The molecule has 0 fully saturated rings. The van der Waals surface area contributed by atoms with Crippen LogP contribution in [0.1, 0.15) is 47.0 Å². The fourth-order valence-electron chi connectivity index (χ4n) is 2.61. The van der Waals surface area contributed by atoms with Crippen molar-refractivity contribution in [2.24, 2.45) is 28.1 Å². The lowest BCUT2D eigenvalue weighted by Gasteiger charge is -2.26. The molecule has 0 aliphatic carbocycles. The molecule has 5 atom stereocenters. The molecule has 0 heterocycles.